The highest BCUT2D eigenvalue weighted by molar-refractivity contribution is 7.92. The molecule has 2 N–H and O–H groups in total. The third-order valence-corrected chi connectivity index (χ3v) is 3.56. The van der Waals surface area contributed by atoms with Gasteiger partial charge < -0.3 is 0 Å². The minimum Gasteiger partial charge on any atom is -0.284 e. The minimum absolute atomic E-state index is 0.0859. The number of anilines is 1. The van der Waals surface area contributed by atoms with Crippen LogP contribution in [0.5, 0.6) is 0 Å². The molecule has 0 heterocycles. The molecule has 1 rings (SSSR count). The van der Waals surface area contributed by atoms with Crippen LogP contribution in [0.2, 0.25) is 0 Å². The van der Waals surface area contributed by atoms with Gasteiger partial charge >= 0.3 is 0 Å². The highest BCUT2D eigenvalue weighted by Gasteiger charge is 2.09. The number of benzene rings is 1. The van der Waals surface area contributed by atoms with Crippen molar-refractivity contribution in [1.82, 2.24) is 5.73 Å². The molecule has 0 aliphatic heterocycles. The molecule has 0 spiro atoms. The van der Waals surface area contributed by atoms with Crippen molar-refractivity contribution >= 4 is 21.6 Å². The lowest BCUT2D eigenvalue weighted by Crippen LogP contribution is -2.16. The topological polar surface area (TPSA) is 87.0 Å². The van der Waals surface area contributed by atoms with Crippen LogP contribution in [-0.4, -0.2) is 20.1 Å². The fraction of sp³-hybridized carbons (Fsp3) is 0.364. The van der Waals surface area contributed by atoms with Crippen LogP contribution in [0.3, 0.4) is 0 Å². The molecule has 0 bridgehead atoms. The molecule has 0 atom stereocenters. The van der Waals surface area contributed by atoms with Crippen LogP contribution in [-0.2, 0) is 10.0 Å². The first-order chi connectivity index (χ1) is 7.94. The summed E-state index contributed by atoms with van der Waals surface area (Å²) in [6, 6.07) is 5.80. The van der Waals surface area contributed by atoms with E-state index in [-0.39, 0.29) is 11.3 Å². The Hall–Kier alpha value is -1.56. The van der Waals surface area contributed by atoms with Gasteiger partial charge in [0.1, 0.15) is 0 Å². The second-order valence-corrected chi connectivity index (χ2v) is 5.52. The van der Waals surface area contributed by atoms with E-state index in [9.17, 15) is 13.2 Å². The Morgan fingerprint density at radius 2 is 1.88 bits per heavy atom. The zero-order valence-corrected chi connectivity index (χ0v) is 10.4. The van der Waals surface area contributed by atoms with Gasteiger partial charge in [-0.25, -0.2) is 8.42 Å². The number of hydrogen-bond donors (Lipinski definition) is 1. The second-order valence-electron chi connectivity index (χ2n) is 3.68. The van der Waals surface area contributed by atoms with E-state index in [1.54, 1.807) is 0 Å². The van der Waals surface area contributed by atoms with Crippen molar-refractivity contribution < 1.29 is 13.2 Å². The van der Waals surface area contributed by atoms with E-state index >= 15 is 0 Å². The van der Waals surface area contributed by atoms with Crippen molar-refractivity contribution in [3.8, 4) is 0 Å². The molecule has 17 heavy (non-hydrogen) atoms. The average Bonchev–Trinajstić information content (AvgIpc) is 2.26. The average molecular weight is 255 g/mol. The van der Waals surface area contributed by atoms with E-state index in [0.717, 1.165) is 6.42 Å². The summed E-state index contributed by atoms with van der Waals surface area (Å²) in [5, 5.41) is 0. The Morgan fingerprint density at radius 3 is 2.35 bits per heavy atom. The SMILES string of the molecule is CCCCS(=O)(=O)Nc1ccc(C([NH])=O)cc1. The van der Waals surface area contributed by atoms with Gasteiger partial charge in [0.2, 0.25) is 10.0 Å². The maximum absolute atomic E-state index is 11.6. The Labute approximate surface area is 101 Å². The summed E-state index contributed by atoms with van der Waals surface area (Å²) in [7, 11) is -3.31. The monoisotopic (exact) mass is 255 g/mol. The third-order valence-electron chi connectivity index (χ3n) is 2.19. The lowest BCUT2D eigenvalue weighted by Gasteiger charge is -2.07. The highest BCUT2D eigenvalue weighted by atomic mass is 32.2. The molecule has 1 amide bonds. The molecule has 0 aliphatic rings. The Morgan fingerprint density at radius 1 is 1.29 bits per heavy atom. The fourth-order valence-corrected chi connectivity index (χ4v) is 2.52. The zero-order valence-electron chi connectivity index (χ0n) is 9.56. The van der Waals surface area contributed by atoms with Crippen LogP contribution >= 0.6 is 0 Å². The number of nitrogens with one attached hydrogen (secondary N) is 2. The molecular formula is C11H15N2O3S. The first kappa shape index (κ1) is 13.5. The molecule has 0 saturated carbocycles. The summed E-state index contributed by atoms with van der Waals surface area (Å²) in [6.45, 7) is 1.92. The van der Waals surface area contributed by atoms with E-state index in [1.165, 1.54) is 24.3 Å². The highest BCUT2D eigenvalue weighted by Crippen LogP contribution is 2.12. The molecule has 93 valence electrons. The molecule has 1 aromatic rings. The van der Waals surface area contributed by atoms with Crippen LogP contribution in [0.4, 0.5) is 5.69 Å². The predicted octanol–water partition coefficient (Wildman–Crippen LogP) is 1.65. The van der Waals surface area contributed by atoms with E-state index in [1.807, 2.05) is 6.92 Å². The Kier molecular flexibility index (Phi) is 4.51. The van der Waals surface area contributed by atoms with Crippen molar-refractivity contribution in [2.45, 2.75) is 19.8 Å². The van der Waals surface area contributed by atoms with E-state index in [4.69, 9.17) is 5.73 Å². The molecule has 1 radical (unpaired) electrons. The van der Waals surface area contributed by atoms with Crippen LogP contribution < -0.4 is 10.5 Å². The van der Waals surface area contributed by atoms with Gasteiger partial charge in [0.15, 0.2) is 0 Å². The van der Waals surface area contributed by atoms with Gasteiger partial charge in [0, 0.05) is 11.3 Å². The summed E-state index contributed by atoms with van der Waals surface area (Å²) < 4.78 is 25.5. The molecule has 0 saturated heterocycles. The summed E-state index contributed by atoms with van der Waals surface area (Å²) in [5.74, 6) is -0.701. The maximum atomic E-state index is 11.6. The van der Waals surface area contributed by atoms with Gasteiger partial charge in [-0.3, -0.25) is 15.3 Å². The first-order valence-corrected chi connectivity index (χ1v) is 6.96. The number of rotatable bonds is 6. The van der Waals surface area contributed by atoms with Crippen LogP contribution in [0.1, 0.15) is 30.1 Å². The van der Waals surface area contributed by atoms with Gasteiger partial charge in [-0.1, -0.05) is 13.3 Å². The van der Waals surface area contributed by atoms with Gasteiger partial charge in [-0.05, 0) is 30.7 Å². The lowest BCUT2D eigenvalue weighted by molar-refractivity contribution is 0.0992. The summed E-state index contributed by atoms with van der Waals surface area (Å²) >= 11 is 0. The normalized spacial score (nSPS) is 11.1. The number of carbonyl (C=O) groups is 1. The van der Waals surface area contributed by atoms with Crippen LogP contribution in [0.25, 0.3) is 0 Å². The summed E-state index contributed by atoms with van der Waals surface area (Å²) in [5.41, 5.74) is 7.53. The van der Waals surface area contributed by atoms with Crippen molar-refractivity contribution in [1.29, 1.82) is 0 Å². The van der Waals surface area contributed by atoms with Crippen molar-refractivity contribution in [2.24, 2.45) is 0 Å². The number of sulfonamides is 1. The van der Waals surface area contributed by atoms with Crippen molar-refractivity contribution in [3.63, 3.8) is 0 Å². The molecule has 0 fully saturated rings. The minimum atomic E-state index is -3.31. The van der Waals surface area contributed by atoms with Gasteiger partial charge in [0.05, 0.1) is 5.75 Å². The van der Waals surface area contributed by atoms with E-state index in [0.29, 0.717) is 12.1 Å². The second kappa shape index (κ2) is 5.67. The van der Waals surface area contributed by atoms with E-state index in [2.05, 4.69) is 4.72 Å². The first-order valence-electron chi connectivity index (χ1n) is 5.31. The Balaban J connectivity index is 2.72. The van der Waals surface area contributed by atoms with Crippen LogP contribution in [0, 0.1) is 0 Å². The zero-order chi connectivity index (χ0) is 12.9. The molecule has 5 nitrogen and oxygen atoms in total. The van der Waals surface area contributed by atoms with Gasteiger partial charge in [-0.15, -0.1) is 0 Å². The summed E-state index contributed by atoms with van der Waals surface area (Å²) in [6.07, 6.45) is 1.42. The number of amides is 1. The van der Waals surface area contributed by atoms with Crippen molar-refractivity contribution in [3.05, 3.63) is 29.8 Å². The number of unbranched alkanes of at least 4 members (excludes halogenated alkanes) is 1. The molecular weight excluding hydrogens is 240 g/mol. The Bertz CT molecular complexity index is 480. The quantitative estimate of drug-likeness (QED) is 0.838. The predicted molar refractivity (Wildman–Crippen MR) is 66.2 cm³/mol. The number of hydrogen-bond acceptors (Lipinski definition) is 3. The molecule has 0 aromatic heterocycles. The van der Waals surface area contributed by atoms with Crippen molar-refractivity contribution in [2.75, 3.05) is 10.5 Å². The van der Waals surface area contributed by atoms with Crippen LogP contribution in [0.15, 0.2) is 24.3 Å². The smallest absolute Gasteiger partial charge is 0.269 e. The number of carbonyl (C=O) groups excluding carboxylic acids is 1. The molecule has 6 heteroatoms. The fourth-order valence-electron chi connectivity index (χ4n) is 1.25. The standard InChI is InChI=1S/C11H15N2O3S/c1-2-3-8-17(15,16)13-10-6-4-9(5-7-10)11(12)14/h4-7,12-13H,2-3,8H2,1H3. The largest absolute Gasteiger partial charge is 0.284 e. The maximum Gasteiger partial charge on any atom is 0.269 e. The van der Waals surface area contributed by atoms with Gasteiger partial charge in [0.25, 0.3) is 5.91 Å². The summed E-state index contributed by atoms with van der Waals surface area (Å²) in [4.78, 5) is 10.7. The van der Waals surface area contributed by atoms with Gasteiger partial charge in [-0.2, -0.15) is 0 Å². The van der Waals surface area contributed by atoms with E-state index < -0.39 is 15.9 Å². The molecule has 1 aromatic carbocycles. The molecule has 0 unspecified atom stereocenters. The lowest BCUT2D eigenvalue weighted by atomic mass is 10.2. The molecule has 0 aliphatic carbocycles. The third kappa shape index (κ3) is 4.44.